The Labute approximate surface area is 131 Å². The van der Waals surface area contributed by atoms with Crippen LogP contribution in [0.15, 0.2) is 42.5 Å². The number of nitrogens with zero attached hydrogens (tertiary/aromatic N) is 1. The maximum atomic E-state index is 12.2. The highest BCUT2D eigenvalue weighted by Gasteiger charge is 2.06. The van der Waals surface area contributed by atoms with Gasteiger partial charge in [0.15, 0.2) is 0 Å². The highest BCUT2D eigenvalue weighted by molar-refractivity contribution is 5.94. The molecule has 22 heavy (non-hydrogen) atoms. The first-order valence-electron chi connectivity index (χ1n) is 7.20. The van der Waals surface area contributed by atoms with E-state index >= 15 is 0 Å². The fourth-order valence-corrected chi connectivity index (χ4v) is 2.25. The first-order valence-corrected chi connectivity index (χ1v) is 7.20. The summed E-state index contributed by atoms with van der Waals surface area (Å²) in [6.07, 6.45) is 0. The van der Waals surface area contributed by atoms with Crippen LogP contribution in [-0.4, -0.2) is 27.1 Å². The minimum atomic E-state index is -0.0706. The van der Waals surface area contributed by atoms with Gasteiger partial charge in [0.2, 0.25) is 0 Å². The molecule has 0 aliphatic rings. The Hall–Kier alpha value is -2.49. The van der Waals surface area contributed by atoms with Crippen LogP contribution >= 0.6 is 0 Å². The number of amides is 1. The number of aryl methyl sites for hydroxylation is 1. The fraction of sp³-hybridized carbons (Fsp3) is 0.278. The summed E-state index contributed by atoms with van der Waals surface area (Å²) in [6.45, 7) is 2.49. The molecule has 0 atom stereocenters. The SMILES string of the molecule is COc1ccc(CNC(=O)c2ccc(N(C)C)cc2)cc1C. The van der Waals surface area contributed by atoms with Gasteiger partial charge in [-0.2, -0.15) is 0 Å². The third kappa shape index (κ3) is 3.79. The van der Waals surface area contributed by atoms with Crippen LogP contribution < -0.4 is 15.0 Å². The Bertz CT molecular complexity index is 649. The van der Waals surface area contributed by atoms with E-state index in [0.717, 1.165) is 22.6 Å². The summed E-state index contributed by atoms with van der Waals surface area (Å²) in [4.78, 5) is 14.2. The lowest BCUT2D eigenvalue weighted by Gasteiger charge is -2.13. The number of hydrogen-bond donors (Lipinski definition) is 1. The number of nitrogens with one attached hydrogen (secondary N) is 1. The Morgan fingerprint density at radius 1 is 1.14 bits per heavy atom. The summed E-state index contributed by atoms with van der Waals surface area (Å²) in [5, 5.41) is 2.94. The number of anilines is 1. The Morgan fingerprint density at radius 3 is 2.36 bits per heavy atom. The van der Waals surface area contributed by atoms with Crippen LogP contribution in [0, 0.1) is 6.92 Å². The smallest absolute Gasteiger partial charge is 0.251 e. The predicted octanol–water partition coefficient (Wildman–Crippen LogP) is 3.00. The number of hydrogen-bond acceptors (Lipinski definition) is 3. The molecule has 2 aromatic rings. The molecule has 2 rings (SSSR count). The lowest BCUT2D eigenvalue weighted by Crippen LogP contribution is -2.22. The number of methoxy groups -OCH3 is 1. The predicted molar refractivity (Wildman–Crippen MR) is 89.7 cm³/mol. The van der Waals surface area contributed by atoms with Crippen LogP contribution in [0.4, 0.5) is 5.69 Å². The van der Waals surface area contributed by atoms with E-state index in [1.54, 1.807) is 7.11 Å². The van der Waals surface area contributed by atoms with Gasteiger partial charge in [0.25, 0.3) is 5.91 Å². The largest absolute Gasteiger partial charge is 0.496 e. The number of ether oxygens (including phenoxy) is 1. The van der Waals surface area contributed by atoms with E-state index in [2.05, 4.69) is 5.32 Å². The van der Waals surface area contributed by atoms with E-state index < -0.39 is 0 Å². The standard InChI is InChI=1S/C18H22N2O2/c1-13-11-14(5-10-17(13)22-4)12-19-18(21)15-6-8-16(9-7-15)20(2)3/h5-11H,12H2,1-4H3,(H,19,21). The first-order chi connectivity index (χ1) is 10.5. The quantitative estimate of drug-likeness (QED) is 0.922. The Kier molecular flexibility index (Phi) is 5.04. The molecule has 0 aliphatic heterocycles. The van der Waals surface area contributed by atoms with Crippen LogP contribution in [-0.2, 0) is 6.54 Å². The van der Waals surface area contributed by atoms with E-state index in [-0.39, 0.29) is 5.91 Å². The van der Waals surface area contributed by atoms with Crippen molar-refractivity contribution in [3.63, 3.8) is 0 Å². The van der Waals surface area contributed by atoms with Gasteiger partial charge in [-0.15, -0.1) is 0 Å². The lowest BCUT2D eigenvalue weighted by atomic mass is 10.1. The van der Waals surface area contributed by atoms with Crippen molar-refractivity contribution >= 4 is 11.6 Å². The molecule has 0 radical (unpaired) electrons. The zero-order valence-corrected chi connectivity index (χ0v) is 13.5. The highest BCUT2D eigenvalue weighted by atomic mass is 16.5. The second-order valence-corrected chi connectivity index (χ2v) is 5.43. The van der Waals surface area contributed by atoms with Crippen molar-refractivity contribution in [1.29, 1.82) is 0 Å². The maximum Gasteiger partial charge on any atom is 0.251 e. The minimum absolute atomic E-state index is 0.0706. The topological polar surface area (TPSA) is 41.6 Å². The second kappa shape index (κ2) is 6.98. The van der Waals surface area contributed by atoms with E-state index in [1.165, 1.54) is 0 Å². The molecule has 0 aromatic heterocycles. The molecule has 0 spiro atoms. The Morgan fingerprint density at radius 2 is 1.82 bits per heavy atom. The summed E-state index contributed by atoms with van der Waals surface area (Å²) >= 11 is 0. The maximum absolute atomic E-state index is 12.2. The molecule has 4 heteroatoms. The molecule has 0 bridgehead atoms. The fourth-order valence-electron chi connectivity index (χ4n) is 2.25. The number of rotatable bonds is 5. The van der Waals surface area contributed by atoms with E-state index in [4.69, 9.17) is 4.74 Å². The molecule has 116 valence electrons. The van der Waals surface area contributed by atoms with Crippen molar-refractivity contribution in [1.82, 2.24) is 5.32 Å². The summed E-state index contributed by atoms with van der Waals surface area (Å²) in [6, 6.07) is 13.4. The molecule has 0 fully saturated rings. The number of carbonyl (C=O) groups is 1. The van der Waals surface area contributed by atoms with Gasteiger partial charge in [0, 0.05) is 31.9 Å². The molecule has 0 saturated carbocycles. The van der Waals surface area contributed by atoms with Gasteiger partial charge in [0.05, 0.1) is 7.11 Å². The van der Waals surface area contributed by atoms with Crippen LogP contribution in [0.3, 0.4) is 0 Å². The van der Waals surface area contributed by atoms with Crippen LogP contribution in [0.1, 0.15) is 21.5 Å². The highest BCUT2D eigenvalue weighted by Crippen LogP contribution is 2.18. The van der Waals surface area contributed by atoms with E-state index in [0.29, 0.717) is 12.1 Å². The molecule has 0 saturated heterocycles. The zero-order valence-electron chi connectivity index (χ0n) is 13.5. The van der Waals surface area contributed by atoms with Gasteiger partial charge in [-0.05, 0) is 48.4 Å². The molecule has 2 aromatic carbocycles. The number of carbonyl (C=O) groups excluding carboxylic acids is 1. The van der Waals surface area contributed by atoms with Crippen LogP contribution in [0.25, 0.3) is 0 Å². The van der Waals surface area contributed by atoms with Gasteiger partial charge in [-0.25, -0.2) is 0 Å². The molecule has 0 aliphatic carbocycles. The van der Waals surface area contributed by atoms with Gasteiger partial charge in [-0.3, -0.25) is 4.79 Å². The molecular formula is C18H22N2O2. The monoisotopic (exact) mass is 298 g/mol. The van der Waals surface area contributed by atoms with Gasteiger partial charge in [-0.1, -0.05) is 12.1 Å². The molecule has 4 nitrogen and oxygen atoms in total. The number of benzene rings is 2. The van der Waals surface area contributed by atoms with Crippen molar-refractivity contribution < 1.29 is 9.53 Å². The molecule has 0 heterocycles. The van der Waals surface area contributed by atoms with E-state index in [9.17, 15) is 4.79 Å². The first kappa shape index (κ1) is 15.9. The van der Waals surface area contributed by atoms with Crippen molar-refractivity contribution in [2.24, 2.45) is 0 Å². The Balaban J connectivity index is 1.99. The summed E-state index contributed by atoms with van der Waals surface area (Å²) in [5.41, 5.74) is 3.85. The minimum Gasteiger partial charge on any atom is -0.496 e. The zero-order chi connectivity index (χ0) is 16.1. The molecule has 1 N–H and O–H groups in total. The lowest BCUT2D eigenvalue weighted by molar-refractivity contribution is 0.0951. The average molecular weight is 298 g/mol. The third-order valence-corrected chi connectivity index (χ3v) is 3.56. The van der Waals surface area contributed by atoms with Gasteiger partial charge >= 0.3 is 0 Å². The van der Waals surface area contributed by atoms with Crippen LogP contribution in [0.2, 0.25) is 0 Å². The summed E-state index contributed by atoms with van der Waals surface area (Å²) in [5.74, 6) is 0.785. The van der Waals surface area contributed by atoms with Crippen molar-refractivity contribution in [2.75, 3.05) is 26.1 Å². The molecule has 0 unspecified atom stereocenters. The second-order valence-electron chi connectivity index (χ2n) is 5.43. The normalized spacial score (nSPS) is 10.2. The summed E-state index contributed by atoms with van der Waals surface area (Å²) in [7, 11) is 5.60. The molecule has 1 amide bonds. The summed E-state index contributed by atoms with van der Waals surface area (Å²) < 4.78 is 5.23. The van der Waals surface area contributed by atoms with E-state index in [1.807, 2.05) is 68.4 Å². The van der Waals surface area contributed by atoms with Crippen LogP contribution in [0.5, 0.6) is 5.75 Å². The van der Waals surface area contributed by atoms with Crippen molar-refractivity contribution in [3.8, 4) is 5.75 Å². The van der Waals surface area contributed by atoms with Gasteiger partial charge < -0.3 is 15.0 Å². The average Bonchev–Trinajstić information content (AvgIpc) is 2.52. The molecular weight excluding hydrogens is 276 g/mol. The third-order valence-electron chi connectivity index (χ3n) is 3.56. The van der Waals surface area contributed by atoms with Gasteiger partial charge in [0.1, 0.15) is 5.75 Å². The van der Waals surface area contributed by atoms with Crippen molar-refractivity contribution in [3.05, 3.63) is 59.2 Å². The van der Waals surface area contributed by atoms with Crippen molar-refractivity contribution in [2.45, 2.75) is 13.5 Å².